The van der Waals surface area contributed by atoms with Crippen molar-refractivity contribution in [2.75, 3.05) is 19.3 Å². The SMILES string of the molecule is CSc1ccc(C(=O)[C@@H]2CCCN(Cc3nc4ccccc4nc3C)C2)cc1. The van der Waals surface area contributed by atoms with Crippen LogP contribution in [0.3, 0.4) is 0 Å². The maximum absolute atomic E-state index is 13.0. The Kier molecular flexibility index (Phi) is 5.74. The molecule has 4 rings (SSSR count). The molecule has 1 atom stereocenters. The largest absolute Gasteiger partial charge is 0.297 e. The zero-order valence-electron chi connectivity index (χ0n) is 16.4. The summed E-state index contributed by atoms with van der Waals surface area (Å²) in [6.45, 7) is 4.56. The number of Topliss-reactive ketones (excluding diaryl/α,β-unsaturated/α-hetero) is 1. The van der Waals surface area contributed by atoms with E-state index in [1.165, 1.54) is 4.90 Å². The zero-order valence-corrected chi connectivity index (χ0v) is 17.2. The lowest BCUT2D eigenvalue weighted by Gasteiger charge is -2.32. The smallest absolute Gasteiger partial charge is 0.167 e. The molecule has 1 saturated heterocycles. The topological polar surface area (TPSA) is 46.1 Å². The van der Waals surface area contributed by atoms with E-state index in [2.05, 4.69) is 4.90 Å². The third kappa shape index (κ3) is 4.10. The van der Waals surface area contributed by atoms with Crippen molar-refractivity contribution in [1.29, 1.82) is 0 Å². The summed E-state index contributed by atoms with van der Waals surface area (Å²) >= 11 is 1.70. The minimum Gasteiger partial charge on any atom is -0.297 e. The second-order valence-corrected chi connectivity index (χ2v) is 8.29. The van der Waals surface area contributed by atoms with Gasteiger partial charge in [-0.05, 0) is 56.8 Å². The Morgan fingerprint density at radius 2 is 1.82 bits per heavy atom. The van der Waals surface area contributed by atoms with Crippen LogP contribution in [-0.4, -0.2) is 40.0 Å². The van der Waals surface area contributed by atoms with Gasteiger partial charge in [0.15, 0.2) is 5.78 Å². The number of rotatable bonds is 5. The third-order valence-electron chi connectivity index (χ3n) is 5.47. The Morgan fingerprint density at radius 1 is 1.11 bits per heavy atom. The van der Waals surface area contributed by atoms with Crippen LogP contribution in [0.1, 0.15) is 34.6 Å². The summed E-state index contributed by atoms with van der Waals surface area (Å²) in [6, 6.07) is 16.0. The molecule has 4 nitrogen and oxygen atoms in total. The van der Waals surface area contributed by atoms with E-state index in [-0.39, 0.29) is 11.7 Å². The minimum atomic E-state index is 0.0580. The van der Waals surface area contributed by atoms with Crippen LogP contribution < -0.4 is 0 Å². The summed E-state index contributed by atoms with van der Waals surface area (Å²) < 4.78 is 0. The summed E-state index contributed by atoms with van der Waals surface area (Å²) in [5, 5.41) is 0. The van der Waals surface area contributed by atoms with Crippen LogP contribution in [0.5, 0.6) is 0 Å². The van der Waals surface area contributed by atoms with Gasteiger partial charge in [-0.15, -0.1) is 11.8 Å². The molecule has 28 heavy (non-hydrogen) atoms. The van der Waals surface area contributed by atoms with Gasteiger partial charge in [0.25, 0.3) is 0 Å². The molecule has 0 spiro atoms. The monoisotopic (exact) mass is 391 g/mol. The molecule has 0 saturated carbocycles. The number of thioether (sulfide) groups is 1. The van der Waals surface area contributed by atoms with E-state index in [0.29, 0.717) is 0 Å². The van der Waals surface area contributed by atoms with E-state index in [1.54, 1.807) is 11.8 Å². The van der Waals surface area contributed by atoms with Crippen LogP contribution in [0.2, 0.25) is 0 Å². The number of fused-ring (bicyclic) bond motifs is 1. The molecule has 0 unspecified atom stereocenters. The van der Waals surface area contributed by atoms with Crippen LogP contribution in [0.25, 0.3) is 11.0 Å². The molecule has 0 amide bonds. The van der Waals surface area contributed by atoms with E-state index >= 15 is 0 Å². The second kappa shape index (κ2) is 8.41. The van der Waals surface area contributed by atoms with E-state index in [4.69, 9.17) is 9.97 Å². The number of nitrogens with zero attached hydrogens (tertiary/aromatic N) is 3. The fraction of sp³-hybridized carbons (Fsp3) is 0.348. The first-order chi connectivity index (χ1) is 13.6. The molecular formula is C23H25N3OS. The van der Waals surface area contributed by atoms with Gasteiger partial charge < -0.3 is 0 Å². The van der Waals surface area contributed by atoms with Crippen molar-refractivity contribution in [2.24, 2.45) is 5.92 Å². The maximum atomic E-state index is 13.0. The normalized spacial score (nSPS) is 17.7. The number of carbonyl (C=O) groups is 1. The average Bonchev–Trinajstić information content (AvgIpc) is 2.74. The van der Waals surface area contributed by atoms with Crippen molar-refractivity contribution in [2.45, 2.75) is 31.2 Å². The highest BCUT2D eigenvalue weighted by Crippen LogP contribution is 2.24. The molecular weight excluding hydrogens is 366 g/mol. The number of benzene rings is 2. The Hall–Kier alpha value is -2.24. The number of carbonyl (C=O) groups excluding carboxylic acids is 1. The lowest BCUT2D eigenvalue weighted by molar-refractivity contribution is 0.0810. The van der Waals surface area contributed by atoms with Gasteiger partial charge in [0.1, 0.15) is 0 Å². The number of likely N-dealkylation sites (tertiary alicyclic amines) is 1. The Morgan fingerprint density at radius 3 is 2.54 bits per heavy atom. The Bertz CT molecular complexity index is 987. The maximum Gasteiger partial charge on any atom is 0.167 e. The summed E-state index contributed by atoms with van der Waals surface area (Å²) in [5.74, 6) is 0.321. The van der Waals surface area contributed by atoms with Crippen LogP contribution in [0.4, 0.5) is 0 Å². The molecule has 0 radical (unpaired) electrons. The van der Waals surface area contributed by atoms with E-state index < -0.39 is 0 Å². The van der Waals surface area contributed by atoms with Gasteiger partial charge in [0, 0.05) is 29.5 Å². The second-order valence-electron chi connectivity index (χ2n) is 7.41. The number of hydrogen-bond acceptors (Lipinski definition) is 5. The molecule has 5 heteroatoms. The van der Waals surface area contributed by atoms with Gasteiger partial charge in [-0.2, -0.15) is 0 Å². The molecule has 0 N–H and O–H groups in total. The molecule has 3 aromatic rings. The molecule has 1 aliphatic heterocycles. The quantitative estimate of drug-likeness (QED) is 0.464. The molecule has 2 heterocycles. The van der Waals surface area contributed by atoms with Gasteiger partial charge in [0.05, 0.1) is 22.4 Å². The number of hydrogen-bond donors (Lipinski definition) is 0. The number of aromatic nitrogens is 2. The Labute approximate surface area is 170 Å². The highest BCUT2D eigenvalue weighted by atomic mass is 32.2. The molecule has 0 aliphatic carbocycles. The summed E-state index contributed by atoms with van der Waals surface area (Å²) in [5.41, 5.74) is 4.67. The lowest BCUT2D eigenvalue weighted by Crippen LogP contribution is -2.38. The number of ketones is 1. The van der Waals surface area contributed by atoms with Gasteiger partial charge in [0.2, 0.25) is 0 Å². The number of para-hydroxylation sites is 2. The van der Waals surface area contributed by atoms with Crippen LogP contribution in [0, 0.1) is 12.8 Å². The van der Waals surface area contributed by atoms with Gasteiger partial charge in [-0.25, -0.2) is 9.97 Å². The van der Waals surface area contributed by atoms with E-state index in [9.17, 15) is 4.79 Å². The third-order valence-corrected chi connectivity index (χ3v) is 6.21. The summed E-state index contributed by atoms with van der Waals surface area (Å²) in [7, 11) is 0. The average molecular weight is 392 g/mol. The fourth-order valence-electron chi connectivity index (χ4n) is 3.89. The molecule has 2 aromatic carbocycles. The highest BCUT2D eigenvalue weighted by molar-refractivity contribution is 7.98. The number of piperidine rings is 1. The summed E-state index contributed by atoms with van der Waals surface area (Å²) in [6.07, 6.45) is 4.05. The minimum absolute atomic E-state index is 0.0580. The fourth-order valence-corrected chi connectivity index (χ4v) is 4.30. The van der Waals surface area contributed by atoms with Crippen LogP contribution >= 0.6 is 11.8 Å². The zero-order chi connectivity index (χ0) is 19.5. The first kappa shape index (κ1) is 19.1. The first-order valence-electron chi connectivity index (χ1n) is 9.77. The number of aryl methyl sites for hydroxylation is 1. The predicted octanol–water partition coefficient (Wildman–Crippen LogP) is 4.76. The van der Waals surface area contributed by atoms with Gasteiger partial charge in [-0.3, -0.25) is 9.69 Å². The van der Waals surface area contributed by atoms with Gasteiger partial charge in [-0.1, -0.05) is 24.3 Å². The molecule has 0 bridgehead atoms. The molecule has 1 fully saturated rings. The molecule has 144 valence electrons. The predicted molar refractivity (Wildman–Crippen MR) is 115 cm³/mol. The van der Waals surface area contributed by atoms with Crippen molar-refractivity contribution < 1.29 is 4.79 Å². The summed E-state index contributed by atoms with van der Waals surface area (Å²) in [4.78, 5) is 26.0. The van der Waals surface area contributed by atoms with Crippen molar-refractivity contribution in [3.8, 4) is 0 Å². The van der Waals surface area contributed by atoms with Crippen LogP contribution in [0.15, 0.2) is 53.4 Å². The molecule has 1 aliphatic rings. The highest BCUT2D eigenvalue weighted by Gasteiger charge is 2.27. The van der Waals surface area contributed by atoms with Crippen molar-refractivity contribution in [3.05, 3.63) is 65.5 Å². The Balaban J connectivity index is 1.47. The van der Waals surface area contributed by atoms with Crippen molar-refractivity contribution in [3.63, 3.8) is 0 Å². The lowest BCUT2D eigenvalue weighted by atomic mass is 9.90. The van der Waals surface area contributed by atoms with E-state index in [1.807, 2.05) is 61.7 Å². The molecule has 1 aromatic heterocycles. The van der Waals surface area contributed by atoms with Crippen molar-refractivity contribution in [1.82, 2.24) is 14.9 Å². The standard InChI is InChI=1S/C23H25N3OS/c1-16-22(25-21-8-4-3-7-20(21)24-16)15-26-13-5-6-18(14-26)23(27)17-9-11-19(28-2)12-10-17/h3-4,7-12,18H,5-6,13-15H2,1-2H3/t18-/m1/s1. The first-order valence-corrected chi connectivity index (χ1v) is 11.0. The van der Waals surface area contributed by atoms with Crippen molar-refractivity contribution >= 4 is 28.6 Å². The van der Waals surface area contributed by atoms with E-state index in [0.717, 1.165) is 60.5 Å². The van der Waals surface area contributed by atoms with Crippen LogP contribution in [-0.2, 0) is 6.54 Å². The van der Waals surface area contributed by atoms with Gasteiger partial charge >= 0.3 is 0 Å².